The van der Waals surface area contributed by atoms with Crippen LogP contribution in [0.15, 0.2) is 17.3 Å². The first-order valence-corrected chi connectivity index (χ1v) is 10.9. The van der Waals surface area contributed by atoms with E-state index in [0.29, 0.717) is 28.5 Å². The summed E-state index contributed by atoms with van der Waals surface area (Å²) in [4.78, 5) is 19.8. The van der Waals surface area contributed by atoms with Crippen molar-refractivity contribution in [1.82, 2.24) is 19.4 Å². The van der Waals surface area contributed by atoms with E-state index >= 15 is 4.39 Å². The van der Waals surface area contributed by atoms with E-state index in [1.165, 1.54) is 11.9 Å². The minimum atomic E-state index is -0.251. The van der Waals surface area contributed by atoms with Crippen LogP contribution in [0.2, 0.25) is 0 Å². The van der Waals surface area contributed by atoms with E-state index in [2.05, 4.69) is 33.8 Å². The molecule has 1 atom stereocenters. The molecule has 0 spiro atoms. The number of fused-ring (bicyclic) bond motifs is 1. The number of hydrogen-bond acceptors (Lipinski definition) is 6. The highest BCUT2D eigenvalue weighted by Crippen LogP contribution is 2.40. The van der Waals surface area contributed by atoms with E-state index < -0.39 is 0 Å². The summed E-state index contributed by atoms with van der Waals surface area (Å²) in [5, 5.41) is 3.40. The summed E-state index contributed by atoms with van der Waals surface area (Å²) in [5.74, 6) is -0.0246. The van der Waals surface area contributed by atoms with Gasteiger partial charge >= 0.3 is 0 Å². The number of ketones is 1. The molecule has 0 amide bonds. The summed E-state index contributed by atoms with van der Waals surface area (Å²) in [5.41, 5.74) is 1.70. The molecular weight excluding hydrogens is 377 g/mol. The minimum absolute atomic E-state index is 0.0807. The summed E-state index contributed by atoms with van der Waals surface area (Å²) in [6, 6.07) is 0.274. The largest absolute Gasteiger partial charge is 0.363 e. The van der Waals surface area contributed by atoms with Crippen LogP contribution in [0.4, 0.5) is 10.1 Å². The van der Waals surface area contributed by atoms with Gasteiger partial charge in [-0.25, -0.2) is 9.37 Å². The molecule has 3 aliphatic rings. The first kappa shape index (κ1) is 18.4. The minimum Gasteiger partial charge on any atom is -0.363 e. The molecule has 2 saturated carbocycles. The quantitative estimate of drug-likeness (QED) is 0.571. The first-order chi connectivity index (χ1) is 13.5. The number of nitrogens with zero attached hydrogens (tertiary/aromatic N) is 3. The lowest BCUT2D eigenvalue weighted by Gasteiger charge is -2.34. The molecular formula is C20H26FN5OS. The Morgan fingerprint density at radius 3 is 2.89 bits per heavy atom. The highest BCUT2D eigenvalue weighted by atomic mass is 32.2. The van der Waals surface area contributed by atoms with Gasteiger partial charge in [-0.05, 0) is 51.5 Å². The maximum atomic E-state index is 15.6. The van der Waals surface area contributed by atoms with E-state index in [9.17, 15) is 4.79 Å². The molecule has 3 heterocycles. The molecule has 1 saturated heterocycles. The Morgan fingerprint density at radius 2 is 2.21 bits per heavy atom. The van der Waals surface area contributed by atoms with Crippen LogP contribution in [0.5, 0.6) is 0 Å². The van der Waals surface area contributed by atoms with Gasteiger partial charge in [-0.15, -0.1) is 0 Å². The lowest BCUT2D eigenvalue weighted by molar-refractivity contribution is 0.0962. The number of imidazole rings is 1. The smallest absolute Gasteiger partial charge is 0.184 e. The average molecular weight is 404 g/mol. The molecule has 2 aromatic rings. The fourth-order valence-corrected chi connectivity index (χ4v) is 4.65. The molecule has 6 nitrogen and oxygen atoms in total. The highest BCUT2D eigenvalue weighted by Gasteiger charge is 2.38. The molecule has 2 N–H and O–H groups in total. The number of Topliss-reactive ketones (excluding diaryl/α,β-unsaturated/α-hetero) is 1. The summed E-state index contributed by atoms with van der Waals surface area (Å²) >= 11 is 1.33. The van der Waals surface area contributed by atoms with Gasteiger partial charge in [-0.3, -0.25) is 13.9 Å². The van der Waals surface area contributed by atoms with Gasteiger partial charge in [0.15, 0.2) is 17.2 Å². The van der Waals surface area contributed by atoms with Crippen LogP contribution in [0.3, 0.4) is 0 Å². The van der Waals surface area contributed by atoms with Crippen LogP contribution >= 0.6 is 11.9 Å². The number of nitrogens with one attached hydrogen (secondary N) is 2. The van der Waals surface area contributed by atoms with Crippen LogP contribution in [0, 0.1) is 11.7 Å². The van der Waals surface area contributed by atoms with Crippen molar-refractivity contribution in [1.29, 1.82) is 0 Å². The number of halogens is 1. The third-order valence-electron chi connectivity index (χ3n) is 5.97. The Bertz CT molecular complexity index is 936. The molecule has 2 aromatic heterocycles. The van der Waals surface area contributed by atoms with E-state index in [1.54, 1.807) is 12.4 Å². The van der Waals surface area contributed by atoms with Gasteiger partial charge in [0.1, 0.15) is 11.4 Å². The molecule has 1 aliphatic heterocycles. The SMILES string of the molecule is CC1CN(c2c(F)c(SNC3(C)CC3)cn3c(C(=O)C4CC4)cnc23)CCN1. The van der Waals surface area contributed by atoms with Crippen molar-refractivity contribution in [2.75, 3.05) is 24.5 Å². The monoisotopic (exact) mass is 403 g/mol. The standard InChI is InChI=1S/C20H26FN5OS/c1-12-10-25(8-7-22-12)17-16(21)15(28-24-20(2)5-6-20)11-26-14(9-23-19(17)26)18(27)13-3-4-13/h9,11-13,22,24H,3-8,10H2,1-2H3. The van der Waals surface area contributed by atoms with Crippen molar-refractivity contribution >= 4 is 29.1 Å². The number of anilines is 1. The lowest BCUT2D eigenvalue weighted by Crippen LogP contribution is -2.49. The fraction of sp³-hybridized carbons (Fsp3) is 0.600. The fourth-order valence-electron chi connectivity index (χ4n) is 3.75. The first-order valence-electron chi connectivity index (χ1n) is 10.1. The second-order valence-electron chi connectivity index (χ2n) is 8.70. The maximum Gasteiger partial charge on any atom is 0.184 e. The molecule has 5 rings (SSSR count). The lowest BCUT2D eigenvalue weighted by atomic mass is 10.2. The van der Waals surface area contributed by atoms with E-state index in [0.717, 1.165) is 38.8 Å². The van der Waals surface area contributed by atoms with Crippen LogP contribution in [0.25, 0.3) is 5.65 Å². The van der Waals surface area contributed by atoms with Crippen molar-refractivity contribution in [2.45, 2.75) is 56.0 Å². The van der Waals surface area contributed by atoms with Crippen molar-refractivity contribution in [3.8, 4) is 0 Å². The highest BCUT2D eigenvalue weighted by molar-refractivity contribution is 7.97. The molecule has 1 unspecified atom stereocenters. The predicted octanol–water partition coefficient (Wildman–Crippen LogP) is 3.01. The third kappa shape index (κ3) is 3.31. The zero-order valence-electron chi connectivity index (χ0n) is 16.3. The summed E-state index contributed by atoms with van der Waals surface area (Å²) in [6.45, 7) is 6.48. The predicted molar refractivity (Wildman–Crippen MR) is 109 cm³/mol. The number of carbonyl (C=O) groups is 1. The topological polar surface area (TPSA) is 61.7 Å². The molecule has 2 aliphatic carbocycles. The zero-order valence-corrected chi connectivity index (χ0v) is 17.1. The summed E-state index contributed by atoms with van der Waals surface area (Å²) < 4.78 is 20.8. The Labute approximate surface area is 168 Å². The Kier molecular flexibility index (Phi) is 4.41. The van der Waals surface area contributed by atoms with E-state index in [4.69, 9.17) is 0 Å². The number of piperazine rings is 1. The van der Waals surface area contributed by atoms with Crippen molar-refractivity contribution in [3.05, 3.63) is 23.9 Å². The summed E-state index contributed by atoms with van der Waals surface area (Å²) in [6.07, 6.45) is 7.44. The van der Waals surface area contributed by atoms with Crippen molar-refractivity contribution < 1.29 is 9.18 Å². The molecule has 0 radical (unpaired) electrons. The average Bonchev–Trinajstić information content (AvgIpc) is 3.59. The van der Waals surface area contributed by atoms with Crippen LogP contribution in [0.1, 0.15) is 50.0 Å². The van der Waals surface area contributed by atoms with Crippen LogP contribution < -0.4 is 14.9 Å². The van der Waals surface area contributed by atoms with E-state index in [1.807, 2.05) is 4.40 Å². The number of carbonyl (C=O) groups excluding carboxylic acids is 1. The number of pyridine rings is 1. The number of rotatable bonds is 6. The maximum absolute atomic E-state index is 15.6. The number of hydrogen-bond donors (Lipinski definition) is 2. The molecule has 8 heteroatoms. The third-order valence-corrected chi connectivity index (χ3v) is 7.07. The van der Waals surface area contributed by atoms with Crippen molar-refractivity contribution in [3.63, 3.8) is 0 Å². The molecule has 150 valence electrons. The van der Waals surface area contributed by atoms with Crippen molar-refractivity contribution in [2.24, 2.45) is 5.92 Å². The Hall–Kier alpha value is -1.64. The second-order valence-corrected chi connectivity index (χ2v) is 9.55. The van der Waals surface area contributed by atoms with Crippen LogP contribution in [-0.4, -0.2) is 46.4 Å². The van der Waals surface area contributed by atoms with Gasteiger partial charge in [0.25, 0.3) is 0 Å². The molecule has 3 fully saturated rings. The van der Waals surface area contributed by atoms with Gasteiger partial charge in [-0.1, -0.05) is 0 Å². The Balaban J connectivity index is 1.60. The van der Waals surface area contributed by atoms with Gasteiger partial charge in [0.2, 0.25) is 0 Å². The van der Waals surface area contributed by atoms with E-state index in [-0.39, 0.29) is 29.1 Å². The summed E-state index contributed by atoms with van der Waals surface area (Å²) in [7, 11) is 0. The molecule has 0 aromatic carbocycles. The van der Waals surface area contributed by atoms with Gasteiger partial charge < -0.3 is 10.2 Å². The second kappa shape index (κ2) is 6.71. The van der Waals surface area contributed by atoms with Gasteiger partial charge in [-0.2, -0.15) is 0 Å². The molecule has 28 heavy (non-hydrogen) atoms. The normalized spacial score (nSPS) is 24.0. The molecule has 0 bridgehead atoms. The van der Waals surface area contributed by atoms with Gasteiger partial charge in [0.05, 0.1) is 11.1 Å². The van der Waals surface area contributed by atoms with Gasteiger partial charge in [0, 0.05) is 43.3 Å². The number of aromatic nitrogens is 2. The Morgan fingerprint density at radius 1 is 1.43 bits per heavy atom. The van der Waals surface area contributed by atoms with Crippen LogP contribution in [-0.2, 0) is 0 Å². The zero-order chi connectivity index (χ0) is 19.5.